The molecule has 0 bridgehead atoms. The molecule has 0 fully saturated rings. The number of benzene rings is 4. The molecule has 0 spiro atoms. The van der Waals surface area contributed by atoms with Gasteiger partial charge in [-0.1, -0.05) is 102 Å². The molecule has 0 unspecified atom stereocenters. The number of rotatable bonds is 8. The Morgan fingerprint density at radius 2 is 1.41 bits per heavy atom. The third kappa shape index (κ3) is 6.80. The van der Waals surface area contributed by atoms with Gasteiger partial charge in [0, 0.05) is 60.5 Å². The fourth-order valence-electron chi connectivity index (χ4n) is 7.29. The summed E-state index contributed by atoms with van der Waals surface area (Å²) in [7, 11) is 0. The predicted octanol–water partition coefficient (Wildman–Crippen LogP) is 11.8. The minimum atomic E-state index is 0. The van der Waals surface area contributed by atoms with Gasteiger partial charge in [-0.2, -0.15) is 0 Å². The molecule has 0 saturated heterocycles. The average Bonchev–Trinajstić information content (AvgIpc) is 3.36. The molecule has 1 N–H and O–H groups in total. The molecule has 1 radical (unpaired) electrons. The molecule has 6 aromatic rings. The van der Waals surface area contributed by atoms with E-state index >= 15 is 0 Å². The molecule has 4 nitrogen and oxygen atoms in total. The van der Waals surface area contributed by atoms with E-state index in [-0.39, 0.29) is 43.5 Å². The van der Waals surface area contributed by atoms with Crippen molar-refractivity contribution in [1.29, 1.82) is 0 Å². The van der Waals surface area contributed by atoms with Gasteiger partial charge in [-0.25, -0.2) is 0 Å². The topological polar surface area (TPSA) is 55.1 Å². The number of carbonyl (C=O) groups is 1. The summed E-state index contributed by atoms with van der Waals surface area (Å²) in [4.78, 5) is 16.8. The van der Waals surface area contributed by atoms with E-state index in [0.29, 0.717) is 0 Å². The summed E-state index contributed by atoms with van der Waals surface area (Å²) in [6, 6.07) is 34.1. The number of aliphatic hydroxyl groups is 1. The van der Waals surface area contributed by atoms with Crippen LogP contribution in [0.2, 0.25) is 0 Å². The van der Waals surface area contributed by atoms with E-state index in [1.165, 1.54) is 61.4 Å². The molecule has 3 heterocycles. The standard InChI is InChI=1S/C31H21N2.C13H24O2.Ir/c1-19-15-20(2)17-21(16-19)30-29-25-12-4-3-9-22(25)23-10-5-7-13-27(23)33-28-14-8-6-11-24(28)26(18-32-30)31(29)33;1-5-10(6-2)12(14)9-13(15)11(7-3)8-4;/h3-16,18H,1-2H3;9-11,14H,5-8H2,1-4H3;/q-1;;/b;12-9-;. The second-order valence-electron chi connectivity index (χ2n) is 12.9. The summed E-state index contributed by atoms with van der Waals surface area (Å²) in [6.07, 6.45) is 6.96. The number of nitrogens with zero attached hydrogens (tertiary/aromatic N) is 2. The van der Waals surface area contributed by atoms with Crippen LogP contribution in [-0.2, 0) is 24.9 Å². The van der Waals surface area contributed by atoms with Crippen molar-refractivity contribution >= 4 is 27.6 Å². The normalized spacial score (nSPS) is 11.9. The molecule has 0 aliphatic carbocycles. The smallest absolute Gasteiger partial charge is 0.162 e. The summed E-state index contributed by atoms with van der Waals surface area (Å²) < 4.78 is 2.43. The first-order valence-electron chi connectivity index (χ1n) is 17.4. The van der Waals surface area contributed by atoms with Crippen molar-refractivity contribution in [1.82, 2.24) is 9.55 Å². The molecule has 253 valence electrons. The van der Waals surface area contributed by atoms with Crippen LogP contribution in [0.4, 0.5) is 0 Å². The van der Waals surface area contributed by atoms with Crippen molar-refractivity contribution in [3.05, 3.63) is 120 Å². The van der Waals surface area contributed by atoms with Crippen LogP contribution in [0.1, 0.15) is 64.5 Å². The van der Waals surface area contributed by atoms with Crippen LogP contribution in [0.15, 0.2) is 103 Å². The monoisotopic (exact) mass is 826 g/mol. The Labute approximate surface area is 304 Å². The third-order valence-corrected chi connectivity index (χ3v) is 9.83. The second-order valence-corrected chi connectivity index (χ2v) is 12.9. The van der Waals surface area contributed by atoms with Gasteiger partial charge in [0.05, 0.1) is 22.5 Å². The molecule has 1 aliphatic rings. The SMILES string of the molecule is CCC(CC)C(=O)/C=C(\O)C(CC)CC.Cc1[c-]c(-c2ncc3c4ccccc4n4c3c2-c2ccccc2-c2ccccc2-4)cc(C)c1.[Ir]. The Bertz CT molecular complexity index is 2130. The number of allylic oxidation sites excluding steroid dienone is 2. The largest absolute Gasteiger partial charge is 0.512 e. The maximum Gasteiger partial charge on any atom is 0.162 e. The van der Waals surface area contributed by atoms with E-state index < -0.39 is 0 Å². The summed E-state index contributed by atoms with van der Waals surface area (Å²) in [5.74, 6) is 0.547. The number of aromatic nitrogens is 2. The van der Waals surface area contributed by atoms with Crippen molar-refractivity contribution < 1.29 is 30.0 Å². The van der Waals surface area contributed by atoms with E-state index in [1.54, 1.807) is 0 Å². The van der Waals surface area contributed by atoms with Crippen molar-refractivity contribution in [2.45, 2.75) is 67.2 Å². The van der Waals surface area contributed by atoms with Crippen LogP contribution in [0, 0.1) is 31.7 Å². The van der Waals surface area contributed by atoms with E-state index in [2.05, 4.69) is 116 Å². The first kappa shape index (κ1) is 36.0. The van der Waals surface area contributed by atoms with Crippen molar-refractivity contribution in [2.24, 2.45) is 11.8 Å². The Balaban J connectivity index is 0.000000252. The van der Waals surface area contributed by atoms with Gasteiger partial charge in [-0.05, 0) is 60.2 Å². The fraction of sp³-hybridized carbons (Fsp3) is 0.273. The quantitative estimate of drug-likeness (QED) is 0.0943. The zero-order valence-corrected chi connectivity index (χ0v) is 31.7. The first-order chi connectivity index (χ1) is 23.3. The summed E-state index contributed by atoms with van der Waals surface area (Å²) in [6.45, 7) is 12.3. The van der Waals surface area contributed by atoms with Crippen LogP contribution < -0.4 is 0 Å². The summed E-state index contributed by atoms with van der Waals surface area (Å²) >= 11 is 0. The minimum Gasteiger partial charge on any atom is -0.512 e. The first-order valence-corrected chi connectivity index (χ1v) is 17.4. The molecule has 0 saturated carbocycles. The number of pyridine rings is 1. The molecule has 1 aliphatic heterocycles. The molecule has 4 aromatic carbocycles. The fourth-order valence-corrected chi connectivity index (χ4v) is 7.29. The number of aliphatic hydroxyl groups excluding tert-OH is 1. The Morgan fingerprint density at radius 3 is 2.08 bits per heavy atom. The number of fused-ring (bicyclic) bond motifs is 8. The van der Waals surface area contributed by atoms with Gasteiger partial charge >= 0.3 is 0 Å². The van der Waals surface area contributed by atoms with Gasteiger partial charge in [0.1, 0.15) is 0 Å². The summed E-state index contributed by atoms with van der Waals surface area (Å²) in [5.41, 5.74) is 12.9. The maximum absolute atomic E-state index is 11.7. The number of carbonyl (C=O) groups excluding carboxylic acids is 1. The van der Waals surface area contributed by atoms with Crippen molar-refractivity contribution in [3.8, 4) is 39.2 Å². The maximum atomic E-state index is 11.7. The van der Waals surface area contributed by atoms with Gasteiger partial charge in [0.15, 0.2) is 5.78 Å². The predicted molar refractivity (Wildman–Crippen MR) is 201 cm³/mol. The number of para-hydroxylation sites is 2. The number of ketones is 1. The minimum absolute atomic E-state index is 0. The zero-order chi connectivity index (χ0) is 33.9. The van der Waals surface area contributed by atoms with Crippen LogP contribution in [0.25, 0.3) is 61.0 Å². The van der Waals surface area contributed by atoms with Gasteiger partial charge in [-0.15, -0.1) is 34.9 Å². The van der Waals surface area contributed by atoms with Gasteiger partial charge in [0.2, 0.25) is 0 Å². The molecule has 2 aromatic heterocycles. The van der Waals surface area contributed by atoms with E-state index in [1.807, 2.05) is 27.7 Å². The number of hydrogen-bond donors (Lipinski definition) is 1. The third-order valence-electron chi connectivity index (χ3n) is 9.83. The van der Waals surface area contributed by atoms with Crippen LogP contribution in [-0.4, -0.2) is 20.4 Å². The Hall–Kier alpha value is -4.31. The average molecular weight is 826 g/mol. The molecule has 0 amide bonds. The van der Waals surface area contributed by atoms with Gasteiger partial charge in [0.25, 0.3) is 0 Å². The number of aryl methyl sites for hydroxylation is 2. The molecule has 5 heteroatoms. The van der Waals surface area contributed by atoms with E-state index in [0.717, 1.165) is 42.5 Å². The molecule has 7 rings (SSSR count). The van der Waals surface area contributed by atoms with E-state index in [9.17, 15) is 9.90 Å². The van der Waals surface area contributed by atoms with Crippen molar-refractivity contribution in [3.63, 3.8) is 0 Å². The van der Waals surface area contributed by atoms with Gasteiger partial charge < -0.3 is 14.7 Å². The van der Waals surface area contributed by atoms with Crippen LogP contribution in [0.5, 0.6) is 0 Å². The molecular formula is C44H45IrN2O2-. The van der Waals surface area contributed by atoms with E-state index in [4.69, 9.17) is 4.98 Å². The molecule has 0 atom stereocenters. The Kier molecular flexibility index (Phi) is 11.4. The van der Waals surface area contributed by atoms with Crippen molar-refractivity contribution in [2.75, 3.05) is 0 Å². The summed E-state index contributed by atoms with van der Waals surface area (Å²) in [5, 5.41) is 12.2. The van der Waals surface area contributed by atoms with Crippen LogP contribution >= 0.6 is 0 Å². The second kappa shape index (κ2) is 15.5. The zero-order valence-electron chi connectivity index (χ0n) is 29.3. The van der Waals surface area contributed by atoms with Gasteiger partial charge in [-0.3, -0.25) is 4.79 Å². The molecule has 49 heavy (non-hydrogen) atoms. The molecular weight excluding hydrogens is 781 g/mol. The number of hydrogen-bond acceptors (Lipinski definition) is 3. The Morgan fingerprint density at radius 1 is 0.796 bits per heavy atom. The van der Waals surface area contributed by atoms with Crippen LogP contribution in [0.3, 0.4) is 0 Å².